The monoisotopic (exact) mass is 374 g/mol. The third-order valence-electron chi connectivity index (χ3n) is 3.83. The summed E-state index contributed by atoms with van der Waals surface area (Å²) in [6.45, 7) is 0.890. The fraction of sp³-hybridized carbons (Fsp3) is 0.176. The van der Waals surface area contributed by atoms with Crippen LogP contribution in [0.15, 0.2) is 64.0 Å². The summed E-state index contributed by atoms with van der Waals surface area (Å²) in [5.74, 6) is -0.487. The molecule has 3 aromatic rings. The molecule has 8 nitrogen and oxygen atoms in total. The highest BCUT2D eigenvalue weighted by atomic mass is 32.2. The maximum Gasteiger partial charge on any atom is 0.253 e. The predicted octanol–water partition coefficient (Wildman–Crippen LogP) is 0.00460. The lowest BCUT2D eigenvalue weighted by Gasteiger charge is -2.05. The number of rotatable bonds is 7. The second-order valence-corrected chi connectivity index (χ2v) is 7.23. The molecular formula is C17H18N4O4S. The van der Waals surface area contributed by atoms with Gasteiger partial charge in [-0.15, -0.1) is 0 Å². The smallest absolute Gasteiger partial charge is 0.253 e. The fourth-order valence-corrected chi connectivity index (χ4v) is 2.99. The number of nitrogens with two attached hydrogens (primary N) is 1. The summed E-state index contributed by atoms with van der Waals surface area (Å²) in [7, 11) is -3.68. The van der Waals surface area contributed by atoms with Crippen LogP contribution in [0.1, 0.15) is 11.3 Å². The zero-order chi connectivity index (χ0) is 18.6. The first-order valence-corrected chi connectivity index (χ1v) is 9.45. The molecule has 0 bridgehead atoms. The summed E-state index contributed by atoms with van der Waals surface area (Å²) in [5, 5.41) is 23.9. The normalized spacial score (nSPS) is 11.6. The molecule has 26 heavy (non-hydrogen) atoms. The van der Waals surface area contributed by atoms with Crippen molar-refractivity contribution in [3.05, 3.63) is 65.9 Å². The molecule has 1 aromatic heterocycles. The first-order chi connectivity index (χ1) is 12.4. The van der Waals surface area contributed by atoms with E-state index in [0.717, 1.165) is 11.3 Å². The largest absolute Gasteiger partial charge is 0.539 e. The van der Waals surface area contributed by atoms with E-state index in [1.807, 2.05) is 30.3 Å². The van der Waals surface area contributed by atoms with Gasteiger partial charge in [0.25, 0.3) is 5.69 Å². The van der Waals surface area contributed by atoms with Crippen molar-refractivity contribution in [1.29, 1.82) is 0 Å². The Morgan fingerprint density at radius 2 is 1.81 bits per heavy atom. The molecule has 1 heterocycles. The van der Waals surface area contributed by atoms with Crippen molar-refractivity contribution in [1.82, 2.24) is 10.6 Å². The van der Waals surface area contributed by atoms with E-state index in [9.17, 15) is 13.5 Å². The molecule has 0 radical (unpaired) electrons. The van der Waals surface area contributed by atoms with Crippen LogP contribution < -0.4 is 20.2 Å². The van der Waals surface area contributed by atoms with Gasteiger partial charge in [-0.05, 0) is 35.3 Å². The van der Waals surface area contributed by atoms with Gasteiger partial charge in [-0.1, -0.05) is 30.3 Å². The summed E-state index contributed by atoms with van der Waals surface area (Å²) in [6, 6.07) is 15.6. The molecule has 3 rings (SSSR count). The number of para-hydroxylation sites is 1. The van der Waals surface area contributed by atoms with Crippen molar-refractivity contribution >= 4 is 10.0 Å². The summed E-state index contributed by atoms with van der Waals surface area (Å²) in [6.07, 6.45) is 0.662. The van der Waals surface area contributed by atoms with Gasteiger partial charge in [-0.3, -0.25) is 0 Å². The summed E-state index contributed by atoms with van der Waals surface area (Å²) in [5.41, 5.74) is 2.10. The number of aromatic nitrogens is 2. The minimum atomic E-state index is -3.68. The molecular weight excluding hydrogens is 356 g/mol. The highest BCUT2D eigenvalue weighted by Gasteiger charge is 2.19. The molecule has 136 valence electrons. The maximum atomic E-state index is 11.9. The Morgan fingerprint density at radius 3 is 2.46 bits per heavy atom. The van der Waals surface area contributed by atoms with Crippen molar-refractivity contribution in [2.45, 2.75) is 17.9 Å². The molecule has 0 aliphatic heterocycles. The van der Waals surface area contributed by atoms with Crippen LogP contribution in [-0.4, -0.2) is 20.2 Å². The molecule has 0 spiro atoms. The van der Waals surface area contributed by atoms with Crippen LogP contribution in [-0.2, 0) is 23.0 Å². The molecule has 0 unspecified atom stereocenters. The minimum absolute atomic E-state index is 0.0820. The summed E-state index contributed by atoms with van der Waals surface area (Å²) >= 11 is 0. The molecule has 0 amide bonds. The lowest BCUT2D eigenvalue weighted by atomic mass is 10.1. The van der Waals surface area contributed by atoms with Gasteiger partial charge in [0.15, 0.2) is 5.95 Å². The fourth-order valence-electron chi connectivity index (χ4n) is 2.47. The minimum Gasteiger partial charge on any atom is -0.539 e. The van der Waals surface area contributed by atoms with E-state index in [4.69, 9.17) is 9.66 Å². The lowest BCUT2D eigenvalue weighted by molar-refractivity contribution is -0.677. The standard InChI is InChI=1S/C17H18N4O4S/c18-26(23,24)15-8-6-13(7-9-15)10-11-19-12-16-17(22)25-20-21(16)14-4-2-1-3-5-14/h1-9,19H,10-12H2,(H2-,18,20,22,23,24). The maximum absolute atomic E-state index is 11.9. The SMILES string of the molecule is NS(=O)(=O)c1ccc(CCNCc2c([O-])on[n+]2-c2ccccc2)cc1. The van der Waals surface area contributed by atoms with Gasteiger partial charge in [0, 0.05) is 12.1 Å². The molecule has 0 fully saturated rings. The summed E-state index contributed by atoms with van der Waals surface area (Å²) < 4.78 is 28.7. The van der Waals surface area contributed by atoms with E-state index in [1.165, 1.54) is 16.8 Å². The van der Waals surface area contributed by atoms with E-state index >= 15 is 0 Å². The number of nitrogens with one attached hydrogen (secondary N) is 1. The molecule has 0 aliphatic carbocycles. The number of benzene rings is 2. The van der Waals surface area contributed by atoms with Gasteiger partial charge in [-0.25, -0.2) is 13.6 Å². The van der Waals surface area contributed by atoms with Gasteiger partial charge < -0.3 is 14.9 Å². The average Bonchev–Trinajstić information content (AvgIpc) is 3.00. The van der Waals surface area contributed by atoms with Gasteiger partial charge in [0.2, 0.25) is 15.7 Å². The van der Waals surface area contributed by atoms with Crippen LogP contribution in [0.5, 0.6) is 5.95 Å². The Kier molecular flexibility index (Phi) is 5.31. The zero-order valence-electron chi connectivity index (χ0n) is 13.8. The van der Waals surface area contributed by atoms with Gasteiger partial charge >= 0.3 is 0 Å². The third-order valence-corrected chi connectivity index (χ3v) is 4.76. The van der Waals surface area contributed by atoms with Gasteiger partial charge in [0.05, 0.1) is 16.7 Å². The molecule has 3 N–H and O–H groups in total. The van der Waals surface area contributed by atoms with Crippen LogP contribution in [0, 0.1) is 0 Å². The zero-order valence-corrected chi connectivity index (χ0v) is 14.6. The predicted molar refractivity (Wildman–Crippen MR) is 90.7 cm³/mol. The Balaban J connectivity index is 1.58. The van der Waals surface area contributed by atoms with Crippen molar-refractivity contribution in [3.63, 3.8) is 0 Å². The number of sulfonamides is 1. The van der Waals surface area contributed by atoms with E-state index < -0.39 is 16.0 Å². The molecule has 0 saturated carbocycles. The molecule has 2 aromatic carbocycles. The van der Waals surface area contributed by atoms with Gasteiger partial charge in [-0.2, -0.15) is 0 Å². The van der Waals surface area contributed by atoms with Crippen molar-refractivity contribution < 1.29 is 22.7 Å². The average molecular weight is 374 g/mol. The van der Waals surface area contributed by atoms with Crippen LogP contribution in [0.2, 0.25) is 0 Å². The number of hydrogen-bond donors (Lipinski definition) is 2. The first-order valence-electron chi connectivity index (χ1n) is 7.91. The summed E-state index contributed by atoms with van der Waals surface area (Å²) in [4.78, 5) is 0.0820. The molecule has 0 atom stereocenters. The van der Waals surface area contributed by atoms with Crippen molar-refractivity contribution in [2.75, 3.05) is 6.54 Å². The Hall–Kier alpha value is -2.75. The third kappa shape index (κ3) is 4.26. The number of primary sulfonamides is 1. The van der Waals surface area contributed by atoms with Crippen LogP contribution in [0.4, 0.5) is 0 Å². The van der Waals surface area contributed by atoms with E-state index in [1.54, 1.807) is 12.1 Å². The van der Waals surface area contributed by atoms with Crippen molar-refractivity contribution in [2.24, 2.45) is 5.14 Å². The Bertz CT molecular complexity index is 970. The highest BCUT2D eigenvalue weighted by molar-refractivity contribution is 7.89. The van der Waals surface area contributed by atoms with E-state index in [2.05, 4.69) is 10.6 Å². The quantitative estimate of drug-likeness (QED) is 0.443. The molecule has 0 aliphatic rings. The second kappa shape index (κ2) is 7.65. The molecule has 9 heteroatoms. The van der Waals surface area contributed by atoms with Crippen LogP contribution in [0.25, 0.3) is 5.69 Å². The van der Waals surface area contributed by atoms with Crippen LogP contribution in [0.3, 0.4) is 0 Å². The van der Waals surface area contributed by atoms with E-state index in [0.29, 0.717) is 25.2 Å². The lowest BCUT2D eigenvalue weighted by Crippen LogP contribution is -2.39. The molecule has 0 saturated heterocycles. The first kappa shape index (κ1) is 18.1. The Labute approximate surface area is 150 Å². The van der Waals surface area contributed by atoms with Gasteiger partial charge in [0.1, 0.15) is 0 Å². The van der Waals surface area contributed by atoms with Crippen molar-refractivity contribution in [3.8, 4) is 11.6 Å². The highest BCUT2D eigenvalue weighted by Crippen LogP contribution is 2.11. The second-order valence-electron chi connectivity index (χ2n) is 5.67. The number of nitrogens with zero attached hydrogens (tertiary/aromatic N) is 2. The number of hydrogen-bond acceptors (Lipinski definition) is 6. The topological polar surface area (TPSA) is 125 Å². The van der Waals surface area contributed by atoms with E-state index in [-0.39, 0.29) is 4.90 Å². The Morgan fingerprint density at radius 1 is 1.12 bits per heavy atom. The van der Waals surface area contributed by atoms with Crippen LogP contribution >= 0.6 is 0 Å².